The van der Waals surface area contributed by atoms with Crippen LogP contribution in [0, 0.1) is 0 Å². The molecule has 0 spiro atoms. The van der Waals surface area contributed by atoms with E-state index in [1.807, 2.05) is 18.2 Å². The number of pyridine rings is 1. The topological polar surface area (TPSA) is 63.8 Å². The molecule has 2 rings (SSSR count). The first-order valence-electron chi connectivity index (χ1n) is 4.23. The fourth-order valence-corrected chi connectivity index (χ4v) is 1.26. The SMILES string of the molecule is Cn1nnc(-c2ccccn2)c1CO. The summed E-state index contributed by atoms with van der Waals surface area (Å²) in [5, 5.41) is 16.9. The molecule has 0 aromatic carbocycles. The number of aryl methyl sites for hydroxylation is 1. The second kappa shape index (κ2) is 3.55. The van der Waals surface area contributed by atoms with Crippen molar-refractivity contribution in [1.82, 2.24) is 20.0 Å². The number of rotatable bonds is 2. The Morgan fingerprint density at radius 1 is 1.43 bits per heavy atom. The first-order chi connectivity index (χ1) is 6.83. The van der Waals surface area contributed by atoms with Crippen LogP contribution in [0.5, 0.6) is 0 Å². The van der Waals surface area contributed by atoms with Gasteiger partial charge >= 0.3 is 0 Å². The van der Waals surface area contributed by atoms with E-state index in [4.69, 9.17) is 5.11 Å². The first-order valence-corrected chi connectivity index (χ1v) is 4.23. The van der Waals surface area contributed by atoms with Gasteiger partial charge in [0.1, 0.15) is 5.69 Å². The Bertz CT molecular complexity index is 424. The molecular weight excluding hydrogens is 180 g/mol. The monoisotopic (exact) mass is 190 g/mol. The van der Waals surface area contributed by atoms with Crippen LogP contribution in [-0.2, 0) is 13.7 Å². The second-order valence-corrected chi connectivity index (χ2v) is 2.88. The number of nitrogens with zero attached hydrogens (tertiary/aromatic N) is 4. The summed E-state index contributed by atoms with van der Waals surface area (Å²) in [6.07, 6.45) is 1.69. The highest BCUT2D eigenvalue weighted by molar-refractivity contribution is 5.55. The molecule has 5 nitrogen and oxygen atoms in total. The van der Waals surface area contributed by atoms with Crippen LogP contribution in [0.1, 0.15) is 5.69 Å². The van der Waals surface area contributed by atoms with Crippen LogP contribution < -0.4 is 0 Å². The van der Waals surface area contributed by atoms with E-state index in [0.717, 1.165) is 5.69 Å². The van der Waals surface area contributed by atoms with Gasteiger partial charge in [0.05, 0.1) is 18.0 Å². The average molecular weight is 190 g/mol. The third kappa shape index (κ3) is 1.38. The highest BCUT2D eigenvalue weighted by Crippen LogP contribution is 2.17. The maximum Gasteiger partial charge on any atom is 0.136 e. The Morgan fingerprint density at radius 2 is 2.29 bits per heavy atom. The lowest BCUT2D eigenvalue weighted by molar-refractivity contribution is 0.271. The molecule has 0 fully saturated rings. The molecule has 0 bridgehead atoms. The van der Waals surface area contributed by atoms with E-state index in [2.05, 4.69) is 15.3 Å². The minimum absolute atomic E-state index is 0.0879. The summed E-state index contributed by atoms with van der Waals surface area (Å²) in [5.74, 6) is 0. The zero-order chi connectivity index (χ0) is 9.97. The van der Waals surface area contributed by atoms with Gasteiger partial charge < -0.3 is 5.11 Å². The fraction of sp³-hybridized carbons (Fsp3) is 0.222. The lowest BCUT2D eigenvalue weighted by Crippen LogP contribution is -1.98. The van der Waals surface area contributed by atoms with Crippen molar-refractivity contribution < 1.29 is 5.11 Å². The Labute approximate surface area is 81.0 Å². The standard InChI is InChI=1S/C9H10N4O/c1-13-8(6-14)9(11-12-13)7-4-2-3-5-10-7/h2-5,14H,6H2,1H3. The molecule has 0 amide bonds. The maximum atomic E-state index is 9.12. The highest BCUT2D eigenvalue weighted by Gasteiger charge is 2.11. The van der Waals surface area contributed by atoms with Crippen LogP contribution in [0.2, 0.25) is 0 Å². The normalized spacial score (nSPS) is 10.4. The van der Waals surface area contributed by atoms with Gasteiger partial charge in [0, 0.05) is 13.2 Å². The summed E-state index contributed by atoms with van der Waals surface area (Å²) >= 11 is 0. The molecule has 0 atom stereocenters. The van der Waals surface area contributed by atoms with Crippen LogP contribution >= 0.6 is 0 Å². The Kier molecular flexibility index (Phi) is 2.24. The van der Waals surface area contributed by atoms with E-state index in [0.29, 0.717) is 11.4 Å². The molecule has 2 aromatic rings. The largest absolute Gasteiger partial charge is 0.390 e. The molecule has 0 aliphatic carbocycles. The summed E-state index contributed by atoms with van der Waals surface area (Å²) in [6.45, 7) is -0.0879. The smallest absolute Gasteiger partial charge is 0.136 e. The van der Waals surface area contributed by atoms with Gasteiger partial charge in [0.25, 0.3) is 0 Å². The Hall–Kier alpha value is -1.75. The van der Waals surface area contributed by atoms with Crippen molar-refractivity contribution in [3.05, 3.63) is 30.1 Å². The van der Waals surface area contributed by atoms with Crippen molar-refractivity contribution in [2.75, 3.05) is 0 Å². The fourth-order valence-electron chi connectivity index (χ4n) is 1.26. The number of hydrogen-bond donors (Lipinski definition) is 1. The number of hydrogen-bond acceptors (Lipinski definition) is 4. The van der Waals surface area contributed by atoms with Gasteiger partial charge in [-0.1, -0.05) is 11.3 Å². The average Bonchev–Trinajstić information content (AvgIpc) is 2.61. The van der Waals surface area contributed by atoms with Gasteiger partial charge in [-0.25, -0.2) is 4.68 Å². The van der Waals surface area contributed by atoms with Gasteiger partial charge in [-0.15, -0.1) is 5.10 Å². The minimum Gasteiger partial charge on any atom is -0.390 e. The summed E-state index contributed by atoms with van der Waals surface area (Å²) in [7, 11) is 1.74. The van der Waals surface area contributed by atoms with E-state index in [1.165, 1.54) is 0 Å². The quantitative estimate of drug-likeness (QED) is 0.743. The molecule has 0 saturated carbocycles. The van der Waals surface area contributed by atoms with E-state index in [-0.39, 0.29) is 6.61 Å². The summed E-state index contributed by atoms with van der Waals surface area (Å²) < 4.78 is 1.55. The maximum absolute atomic E-state index is 9.12. The molecule has 0 radical (unpaired) electrons. The molecule has 0 aliphatic heterocycles. The predicted molar refractivity (Wildman–Crippen MR) is 50.2 cm³/mol. The van der Waals surface area contributed by atoms with E-state index < -0.39 is 0 Å². The zero-order valence-corrected chi connectivity index (χ0v) is 7.75. The molecular formula is C9H10N4O. The van der Waals surface area contributed by atoms with Crippen LogP contribution in [0.3, 0.4) is 0 Å². The van der Waals surface area contributed by atoms with E-state index in [1.54, 1.807) is 17.9 Å². The Morgan fingerprint density at radius 3 is 2.93 bits per heavy atom. The zero-order valence-electron chi connectivity index (χ0n) is 7.75. The minimum atomic E-state index is -0.0879. The van der Waals surface area contributed by atoms with Crippen molar-refractivity contribution in [1.29, 1.82) is 0 Å². The third-order valence-corrected chi connectivity index (χ3v) is 2.00. The molecule has 0 aliphatic rings. The molecule has 72 valence electrons. The molecule has 0 saturated heterocycles. The number of aliphatic hydroxyl groups excluding tert-OH is 1. The highest BCUT2D eigenvalue weighted by atomic mass is 16.3. The summed E-state index contributed by atoms with van der Waals surface area (Å²) in [6, 6.07) is 5.54. The number of aliphatic hydroxyl groups is 1. The van der Waals surface area contributed by atoms with Crippen LogP contribution in [-0.4, -0.2) is 25.1 Å². The number of aromatic nitrogens is 4. The molecule has 5 heteroatoms. The van der Waals surface area contributed by atoms with Crippen molar-refractivity contribution in [2.24, 2.45) is 7.05 Å². The van der Waals surface area contributed by atoms with Gasteiger partial charge in [-0.3, -0.25) is 4.98 Å². The molecule has 0 unspecified atom stereocenters. The van der Waals surface area contributed by atoms with Gasteiger partial charge in [-0.2, -0.15) is 0 Å². The molecule has 2 heterocycles. The van der Waals surface area contributed by atoms with Crippen molar-refractivity contribution in [2.45, 2.75) is 6.61 Å². The third-order valence-electron chi connectivity index (χ3n) is 2.00. The summed E-state index contributed by atoms with van der Waals surface area (Å²) in [5.41, 5.74) is 2.03. The lowest BCUT2D eigenvalue weighted by Gasteiger charge is -1.98. The molecule has 14 heavy (non-hydrogen) atoms. The van der Waals surface area contributed by atoms with Gasteiger partial charge in [0.15, 0.2) is 0 Å². The molecule has 2 aromatic heterocycles. The lowest BCUT2D eigenvalue weighted by atomic mass is 10.2. The Balaban J connectivity index is 2.52. The summed E-state index contributed by atoms with van der Waals surface area (Å²) in [4.78, 5) is 4.14. The van der Waals surface area contributed by atoms with Crippen LogP contribution in [0.4, 0.5) is 0 Å². The van der Waals surface area contributed by atoms with Gasteiger partial charge in [0.2, 0.25) is 0 Å². The van der Waals surface area contributed by atoms with Crippen molar-refractivity contribution in [3.63, 3.8) is 0 Å². The van der Waals surface area contributed by atoms with E-state index >= 15 is 0 Å². The molecule has 1 N–H and O–H groups in total. The first kappa shape index (κ1) is 8.83. The van der Waals surface area contributed by atoms with Crippen LogP contribution in [0.25, 0.3) is 11.4 Å². The van der Waals surface area contributed by atoms with E-state index in [9.17, 15) is 0 Å². The van der Waals surface area contributed by atoms with Gasteiger partial charge in [-0.05, 0) is 12.1 Å². The van der Waals surface area contributed by atoms with Crippen molar-refractivity contribution in [3.8, 4) is 11.4 Å². The second-order valence-electron chi connectivity index (χ2n) is 2.88. The van der Waals surface area contributed by atoms with Crippen LogP contribution in [0.15, 0.2) is 24.4 Å². The predicted octanol–water partition coefficient (Wildman–Crippen LogP) is 0.369. The van der Waals surface area contributed by atoms with Crippen molar-refractivity contribution >= 4 is 0 Å².